The van der Waals surface area contributed by atoms with Gasteiger partial charge in [-0.05, 0) is 30.3 Å². The number of hydrogen-bond donors (Lipinski definition) is 0. The van der Waals surface area contributed by atoms with E-state index in [1.807, 2.05) is 42.1 Å². The van der Waals surface area contributed by atoms with E-state index in [4.69, 9.17) is 0 Å². The average Bonchev–Trinajstić information content (AvgIpc) is 3.22. The molecule has 2 aromatic heterocycles. The van der Waals surface area contributed by atoms with Crippen molar-refractivity contribution in [1.29, 1.82) is 0 Å². The molecule has 1 fully saturated rings. The van der Waals surface area contributed by atoms with Gasteiger partial charge in [0.15, 0.2) is 11.5 Å². The zero-order valence-corrected chi connectivity index (χ0v) is 17.9. The summed E-state index contributed by atoms with van der Waals surface area (Å²) in [6, 6.07) is 14.4. The highest BCUT2D eigenvalue weighted by Gasteiger charge is 2.23. The first kappa shape index (κ1) is 20.4. The predicted molar refractivity (Wildman–Crippen MR) is 117 cm³/mol. The Morgan fingerprint density at radius 1 is 1.03 bits per heavy atom. The molecule has 0 radical (unpaired) electrons. The Morgan fingerprint density at radius 3 is 2.47 bits per heavy atom. The van der Waals surface area contributed by atoms with Gasteiger partial charge in [0.2, 0.25) is 0 Å². The van der Waals surface area contributed by atoms with Crippen LogP contribution in [0.5, 0.6) is 0 Å². The number of piperazine rings is 1. The van der Waals surface area contributed by atoms with Crippen LogP contribution < -0.4 is 4.90 Å². The number of amides is 1. The molecule has 1 aromatic carbocycles. The summed E-state index contributed by atoms with van der Waals surface area (Å²) in [6.45, 7) is 3.70. The van der Waals surface area contributed by atoms with Crippen LogP contribution in [-0.2, 0) is 6.54 Å². The van der Waals surface area contributed by atoms with Crippen LogP contribution in [0.2, 0.25) is 0 Å². The Bertz CT molecular complexity index is 1010. The van der Waals surface area contributed by atoms with Gasteiger partial charge in [-0.2, -0.15) is 0 Å². The Labute approximate surface area is 179 Å². The molecule has 3 heterocycles. The van der Waals surface area contributed by atoms with E-state index >= 15 is 0 Å². The first-order chi connectivity index (χ1) is 14.5. The topological polar surface area (TPSA) is 52.6 Å². The van der Waals surface area contributed by atoms with Crippen molar-refractivity contribution in [3.63, 3.8) is 0 Å². The molecule has 1 amide bonds. The van der Waals surface area contributed by atoms with Crippen molar-refractivity contribution in [2.75, 3.05) is 45.2 Å². The maximum Gasteiger partial charge on any atom is 0.274 e. The lowest BCUT2D eigenvalue weighted by Gasteiger charge is -2.34. The maximum atomic E-state index is 14.0. The lowest BCUT2D eigenvalue weighted by atomic mass is 10.2. The Balaban J connectivity index is 1.33. The third-order valence-corrected chi connectivity index (χ3v) is 6.27. The Hall–Kier alpha value is -2.84. The van der Waals surface area contributed by atoms with Crippen LogP contribution in [0.1, 0.15) is 15.4 Å². The average molecular weight is 426 g/mol. The number of anilines is 1. The standard InChI is InChI=1S/C22H24FN5OS/c1-26(2)21-10-8-19(24-25-21)22(29)28-13-11-27(12-14-28)15-16-7-9-20(30-16)17-5-3-4-6-18(17)23/h3-10H,11-15H2,1-2H3. The Morgan fingerprint density at radius 2 is 1.80 bits per heavy atom. The monoisotopic (exact) mass is 425 g/mol. The second-order valence-corrected chi connectivity index (χ2v) is 8.65. The van der Waals surface area contributed by atoms with Gasteiger partial charge in [-0.1, -0.05) is 18.2 Å². The number of aromatic nitrogens is 2. The number of carbonyl (C=O) groups excluding carboxylic acids is 1. The van der Waals surface area contributed by atoms with Crippen molar-refractivity contribution in [3.8, 4) is 10.4 Å². The molecule has 8 heteroatoms. The van der Waals surface area contributed by atoms with Crippen molar-refractivity contribution >= 4 is 23.1 Å². The van der Waals surface area contributed by atoms with Gasteiger partial charge in [0.1, 0.15) is 5.82 Å². The van der Waals surface area contributed by atoms with Gasteiger partial charge in [-0.3, -0.25) is 9.69 Å². The second kappa shape index (κ2) is 8.89. The molecule has 0 bridgehead atoms. The number of halogens is 1. The van der Waals surface area contributed by atoms with Gasteiger partial charge < -0.3 is 9.80 Å². The SMILES string of the molecule is CN(C)c1ccc(C(=O)N2CCN(Cc3ccc(-c4ccccc4F)s3)CC2)nn1. The normalized spacial score (nSPS) is 14.7. The van der Waals surface area contributed by atoms with Crippen LogP contribution in [0.3, 0.4) is 0 Å². The van der Waals surface area contributed by atoms with E-state index in [2.05, 4.69) is 21.2 Å². The first-order valence-corrected chi connectivity index (χ1v) is 10.7. The molecule has 1 saturated heterocycles. The number of benzene rings is 1. The Kier molecular flexibility index (Phi) is 6.06. The highest BCUT2D eigenvalue weighted by atomic mass is 32.1. The van der Waals surface area contributed by atoms with E-state index in [-0.39, 0.29) is 11.7 Å². The summed E-state index contributed by atoms with van der Waals surface area (Å²) in [4.78, 5) is 20.8. The molecule has 0 spiro atoms. The van der Waals surface area contributed by atoms with E-state index in [1.54, 1.807) is 29.5 Å². The summed E-state index contributed by atoms with van der Waals surface area (Å²) < 4.78 is 14.0. The molecule has 0 saturated carbocycles. The van der Waals surface area contributed by atoms with Crippen LogP contribution in [0.4, 0.5) is 10.2 Å². The fourth-order valence-electron chi connectivity index (χ4n) is 3.44. The van der Waals surface area contributed by atoms with Gasteiger partial charge in [-0.15, -0.1) is 21.5 Å². The van der Waals surface area contributed by atoms with Gasteiger partial charge in [0, 0.05) is 62.1 Å². The summed E-state index contributed by atoms with van der Waals surface area (Å²) in [5.41, 5.74) is 1.02. The molecule has 0 N–H and O–H groups in total. The van der Waals surface area contributed by atoms with E-state index in [9.17, 15) is 9.18 Å². The van der Waals surface area contributed by atoms with E-state index < -0.39 is 0 Å². The van der Waals surface area contributed by atoms with E-state index in [0.29, 0.717) is 24.3 Å². The minimum Gasteiger partial charge on any atom is -0.361 e. The first-order valence-electron chi connectivity index (χ1n) is 9.87. The molecule has 156 valence electrons. The third-order valence-electron chi connectivity index (χ3n) is 5.17. The van der Waals surface area contributed by atoms with Gasteiger partial charge >= 0.3 is 0 Å². The van der Waals surface area contributed by atoms with Gasteiger partial charge in [0.05, 0.1) is 0 Å². The van der Waals surface area contributed by atoms with Crippen LogP contribution in [0, 0.1) is 5.82 Å². The molecular weight excluding hydrogens is 401 g/mol. The summed E-state index contributed by atoms with van der Waals surface area (Å²) in [7, 11) is 3.77. The summed E-state index contributed by atoms with van der Waals surface area (Å²) >= 11 is 1.62. The van der Waals surface area contributed by atoms with Crippen LogP contribution in [0.25, 0.3) is 10.4 Å². The number of thiophene rings is 1. The summed E-state index contributed by atoms with van der Waals surface area (Å²) in [5, 5.41) is 8.17. The summed E-state index contributed by atoms with van der Waals surface area (Å²) in [6.07, 6.45) is 0. The number of nitrogens with zero attached hydrogens (tertiary/aromatic N) is 5. The molecule has 0 unspecified atom stereocenters. The molecule has 3 aromatic rings. The largest absolute Gasteiger partial charge is 0.361 e. The molecule has 30 heavy (non-hydrogen) atoms. The molecule has 4 rings (SSSR count). The van der Waals surface area contributed by atoms with Crippen LogP contribution in [-0.4, -0.2) is 66.2 Å². The number of carbonyl (C=O) groups is 1. The quantitative estimate of drug-likeness (QED) is 0.627. The van der Waals surface area contributed by atoms with Crippen LogP contribution in [0.15, 0.2) is 48.5 Å². The minimum atomic E-state index is -0.195. The van der Waals surface area contributed by atoms with E-state index in [1.165, 1.54) is 10.9 Å². The number of rotatable bonds is 5. The third kappa shape index (κ3) is 4.49. The zero-order chi connectivity index (χ0) is 21.1. The fourth-order valence-corrected chi connectivity index (χ4v) is 4.52. The van der Waals surface area contributed by atoms with Crippen molar-refractivity contribution in [2.45, 2.75) is 6.54 Å². The summed E-state index contributed by atoms with van der Waals surface area (Å²) in [5.74, 6) is 0.451. The van der Waals surface area contributed by atoms with Crippen LogP contribution >= 0.6 is 11.3 Å². The van der Waals surface area contributed by atoms with Crippen molar-refractivity contribution < 1.29 is 9.18 Å². The van der Waals surface area contributed by atoms with Gasteiger partial charge in [0.25, 0.3) is 5.91 Å². The van der Waals surface area contributed by atoms with Gasteiger partial charge in [-0.25, -0.2) is 4.39 Å². The molecule has 1 aliphatic heterocycles. The second-order valence-electron chi connectivity index (χ2n) is 7.49. The maximum absolute atomic E-state index is 14.0. The van der Waals surface area contributed by atoms with Crippen molar-refractivity contribution in [3.05, 3.63) is 64.9 Å². The zero-order valence-electron chi connectivity index (χ0n) is 17.1. The lowest BCUT2D eigenvalue weighted by molar-refractivity contribution is 0.0623. The smallest absolute Gasteiger partial charge is 0.274 e. The number of hydrogen-bond acceptors (Lipinski definition) is 6. The molecule has 6 nitrogen and oxygen atoms in total. The van der Waals surface area contributed by atoms with Crippen molar-refractivity contribution in [2.24, 2.45) is 0 Å². The fraction of sp³-hybridized carbons (Fsp3) is 0.318. The highest BCUT2D eigenvalue weighted by molar-refractivity contribution is 7.15. The molecule has 0 atom stereocenters. The van der Waals surface area contributed by atoms with Crippen molar-refractivity contribution in [1.82, 2.24) is 20.0 Å². The molecule has 0 aliphatic carbocycles. The highest BCUT2D eigenvalue weighted by Crippen LogP contribution is 2.30. The molecular formula is C22H24FN5OS. The lowest BCUT2D eigenvalue weighted by Crippen LogP contribution is -2.48. The molecule has 1 aliphatic rings. The minimum absolute atomic E-state index is 0.0783. The predicted octanol–water partition coefficient (Wildman–Crippen LogP) is 3.37. The van der Waals surface area contributed by atoms with E-state index in [0.717, 1.165) is 30.3 Å².